The zero-order valence-electron chi connectivity index (χ0n) is 12.6. The van der Waals surface area contributed by atoms with Crippen LogP contribution in [0.2, 0.25) is 0 Å². The Labute approximate surface area is 128 Å². The summed E-state index contributed by atoms with van der Waals surface area (Å²) in [6, 6.07) is 5.47. The lowest BCUT2D eigenvalue weighted by Crippen LogP contribution is -2.34. The highest BCUT2D eigenvalue weighted by molar-refractivity contribution is 9.10. The number of Topliss-reactive ketones (excluding diaryl/α,β-unsaturated/α-hetero) is 1. The Balaban J connectivity index is 2.37. The van der Waals surface area contributed by atoms with E-state index >= 15 is 0 Å². The summed E-state index contributed by atoms with van der Waals surface area (Å²) in [7, 11) is 1.60. The van der Waals surface area contributed by atoms with Crippen LogP contribution in [0.25, 0.3) is 0 Å². The van der Waals surface area contributed by atoms with Gasteiger partial charge in [-0.3, -0.25) is 4.79 Å². The molecular weight excluding hydrogens is 320 g/mol. The van der Waals surface area contributed by atoms with Gasteiger partial charge in [0.1, 0.15) is 5.75 Å². The molecule has 1 heterocycles. The molecule has 0 saturated carbocycles. The third-order valence-corrected chi connectivity index (χ3v) is 4.52. The van der Waals surface area contributed by atoms with Crippen LogP contribution in [0.5, 0.6) is 5.75 Å². The van der Waals surface area contributed by atoms with Crippen molar-refractivity contribution in [1.29, 1.82) is 0 Å². The first-order valence-corrected chi connectivity index (χ1v) is 7.53. The zero-order chi connectivity index (χ0) is 15.1. The van der Waals surface area contributed by atoms with Gasteiger partial charge in [0, 0.05) is 10.0 Å². The quantitative estimate of drug-likeness (QED) is 0.772. The molecular formula is C16H21BrO3. The summed E-state index contributed by atoms with van der Waals surface area (Å²) in [5.41, 5.74) is -0.0677. The van der Waals surface area contributed by atoms with Crippen molar-refractivity contribution in [3.63, 3.8) is 0 Å². The van der Waals surface area contributed by atoms with Gasteiger partial charge in [0.25, 0.3) is 0 Å². The average Bonchev–Trinajstić information content (AvgIpc) is 2.57. The van der Waals surface area contributed by atoms with Crippen molar-refractivity contribution < 1.29 is 14.3 Å². The second-order valence-electron chi connectivity index (χ2n) is 6.43. The molecule has 1 aliphatic heterocycles. The number of halogens is 1. The van der Waals surface area contributed by atoms with Gasteiger partial charge in [-0.25, -0.2) is 0 Å². The number of carbonyl (C=O) groups is 1. The highest BCUT2D eigenvalue weighted by Gasteiger charge is 2.49. The van der Waals surface area contributed by atoms with E-state index in [1.807, 2.05) is 39.8 Å². The van der Waals surface area contributed by atoms with Gasteiger partial charge in [-0.05, 0) is 52.3 Å². The average molecular weight is 341 g/mol. The van der Waals surface area contributed by atoms with Crippen LogP contribution in [0, 0.1) is 5.92 Å². The molecule has 0 amide bonds. The Morgan fingerprint density at radius 2 is 2.00 bits per heavy atom. The highest BCUT2D eigenvalue weighted by Crippen LogP contribution is 2.44. The molecule has 3 nitrogen and oxygen atoms in total. The van der Waals surface area contributed by atoms with Crippen LogP contribution in [-0.4, -0.2) is 24.1 Å². The van der Waals surface area contributed by atoms with E-state index < -0.39 is 5.60 Å². The first-order valence-electron chi connectivity index (χ1n) is 6.74. The molecule has 0 N–H and O–H groups in total. The predicted molar refractivity (Wildman–Crippen MR) is 82.4 cm³/mol. The summed E-state index contributed by atoms with van der Waals surface area (Å²) < 4.78 is 12.0. The molecule has 1 fully saturated rings. The lowest BCUT2D eigenvalue weighted by Gasteiger charge is -2.26. The highest BCUT2D eigenvalue weighted by atomic mass is 79.9. The maximum atomic E-state index is 12.9. The van der Waals surface area contributed by atoms with E-state index in [4.69, 9.17) is 9.47 Å². The van der Waals surface area contributed by atoms with E-state index in [-0.39, 0.29) is 17.3 Å². The molecule has 1 aromatic rings. The van der Waals surface area contributed by atoms with Gasteiger partial charge in [0.15, 0.2) is 5.78 Å². The lowest BCUT2D eigenvalue weighted by molar-refractivity contribution is -0.0712. The van der Waals surface area contributed by atoms with Crippen LogP contribution < -0.4 is 4.74 Å². The van der Waals surface area contributed by atoms with Gasteiger partial charge in [-0.15, -0.1) is 0 Å². The molecule has 0 aliphatic carbocycles. The van der Waals surface area contributed by atoms with Gasteiger partial charge in [-0.1, -0.05) is 15.9 Å². The van der Waals surface area contributed by atoms with Crippen LogP contribution in [0.3, 0.4) is 0 Å². The van der Waals surface area contributed by atoms with Gasteiger partial charge >= 0.3 is 0 Å². The molecule has 1 unspecified atom stereocenters. The van der Waals surface area contributed by atoms with E-state index in [0.717, 1.165) is 10.9 Å². The minimum absolute atomic E-state index is 0.103. The maximum absolute atomic E-state index is 12.9. The number of methoxy groups -OCH3 is 1. The molecule has 1 aliphatic rings. The van der Waals surface area contributed by atoms with E-state index in [9.17, 15) is 4.79 Å². The summed E-state index contributed by atoms with van der Waals surface area (Å²) in [6.07, 6.45) is 0.725. The Morgan fingerprint density at radius 3 is 2.50 bits per heavy atom. The third-order valence-electron chi connectivity index (χ3n) is 3.83. The molecule has 1 saturated heterocycles. The molecule has 0 bridgehead atoms. The van der Waals surface area contributed by atoms with Crippen LogP contribution in [0.4, 0.5) is 0 Å². The number of hydrogen-bond donors (Lipinski definition) is 0. The van der Waals surface area contributed by atoms with Gasteiger partial charge in [-0.2, -0.15) is 0 Å². The van der Waals surface area contributed by atoms with Gasteiger partial charge < -0.3 is 9.47 Å². The molecule has 1 aromatic carbocycles. The summed E-state index contributed by atoms with van der Waals surface area (Å²) in [5.74, 6) is 0.639. The monoisotopic (exact) mass is 340 g/mol. The third kappa shape index (κ3) is 2.91. The molecule has 0 aromatic heterocycles. The number of ether oxygens (including phenoxy) is 2. The van der Waals surface area contributed by atoms with Crippen LogP contribution in [0.1, 0.15) is 44.5 Å². The lowest BCUT2D eigenvalue weighted by atomic mass is 9.81. The van der Waals surface area contributed by atoms with E-state index in [0.29, 0.717) is 11.3 Å². The Morgan fingerprint density at radius 1 is 1.35 bits per heavy atom. The topological polar surface area (TPSA) is 35.5 Å². The zero-order valence-corrected chi connectivity index (χ0v) is 14.2. The fourth-order valence-electron chi connectivity index (χ4n) is 2.98. The number of ketones is 1. The van der Waals surface area contributed by atoms with Crippen molar-refractivity contribution >= 4 is 21.7 Å². The fraction of sp³-hybridized carbons (Fsp3) is 0.562. The normalized spacial score (nSPS) is 23.6. The maximum Gasteiger partial charge on any atom is 0.170 e. The second kappa shape index (κ2) is 5.15. The Bertz CT molecular complexity index is 535. The summed E-state index contributed by atoms with van der Waals surface area (Å²) in [4.78, 5) is 12.9. The van der Waals surface area contributed by atoms with E-state index in [1.54, 1.807) is 13.2 Å². The minimum Gasteiger partial charge on any atom is -0.497 e. The largest absolute Gasteiger partial charge is 0.497 e. The first-order chi connectivity index (χ1) is 9.16. The SMILES string of the molecule is COc1ccc(Br)c(C(=O)C2CC(C)(C)OC2(C)C)c1. The van der Waals surface area contributed by atoms with Crippen molar-refractivity contribution in [3.8, 4) is 5.75 Å². The van der Waals surface area contributed by atoms with Crippen LogP contribution >= 0.6 is 15.9 Å². The molecule has 0 spiro atoms. The summed E-state index contributed by atoms with van der Waals surface area (Å²) >= 11 is 3.46. The van der Waals surface area contributed by atoms with Gasteiger partial charge in [0.2, 0.25) is 0 Å². The summed E-state index contributed by atoms with van der Waals surface area (Å²) in [6.45, 7) is 8.03. The molecule has 0 radical (unpaired) electrons. The summed E-state index contributed by atoms with van der Waals surface area (Å²) in [5, 5.41) is 0. The van der Waals surface area contributed by atoms with Crippen LogP contribution in [0.15, 0.2) is 22.7 Å². The smallest absolute Gasteiger partial charge is 0.170 e. The van der Waals surface area contributed by atoms with Crippen molar-refractivity contribution in [2.75, 3.05) is 7.11 Å². The number of carbonyl (C=O) groups excluding carboxylic acids is 1. The second-order valence-corrected chi connectivity index (χ2v) is 7.29. The molecule has 1 atom stereocenters. The van der Waals surface area contributed by atoms with Crippen molar-refractivity contribution in [2.24, 2.45) is 5.92 Å². The first kappa shape index (κ1) is 15.5. The fourth-order valence-corrected chi connectivity index (χ4v) is 3.42. The minimum atomic E-state index is -0.455. The Hall–Kier alpha value is -0.870. The number of rotatable bonds is 3. The number of benzene rings is 1. The number of hydrogen-bond acceptors (Lipinski definition) is 3. The van der Waals surface area contributed by atoms with Crippen molar-refractivity contribution in [3.05, 3.63) is 28.2 Å². The standard InChI is InChI=1S/C16H21BrO3/c1-15(2)9-12(16(3,4)20-15)14(18)11-8-10(19-5)6-7-13(11)17/h6-8,12H,9H2,1-5H3. The van der Waals surface area contributed by atoms with Gasteiger partial charge in [0.05, 0.1) is 24.2 Å². The Kier molecular flexibility index (Phi) is 4.00. The van der Waals surface area contributed by atoms with E-state index in [1.165, 1.54) is 0 Å². The molecule has 20 heavy (non-hydrogen) atoms. The van der Waals surface area contributed by atoms with Crippen LogP contribution in [-0.2, 0) is 4.74 Å². The molecule has 4 heteroatoms. The van der Waals surface area contributed by atoms with Crippen molar-refractivity contribution in [2.45, 2.75) is 45.3 Å². The van der Waals surface area contributed by atoms with E-state index in [2.05, 4.69) is 15.9 Å². The molecule has 110 valence electrons. The predicted octanol–water partition coefficient (Wildman–Crippen LogP) is 4.23. The van der Waals surface area contributed by atoms with Crippen molar-refractivity contribution in [1.82, 2.24) is 0 Å². The molecule has 2 rings (SSSR count).